The van der Waals surface area contributed by atoms with Crippen LogP contribution in [-0.2, 0) is 14.1 Å². The fourth-order valence-corrected chi connectivity index (χ4v) is 1.23. The van der Waals surface area contributed by atoms with E-state index in [1.165, 1.54) is 13.8 Å². The molecule has 72 valence electrons. The van der Waals surface area contributed by atoms with Crippen LogP contribution in [0.15, 0.2) is 0 Å². The number of ether oxygens (including phenoxy) is 1. The second kappa shape index (κ2) is 4.00. The molecule has 0 aliphatic rings. The monoisotopic (exact) mass is 198 g/mol. The Labute approximate surface area is 69.3 Å². The van der Waals surface area contributed by atoms with E-state index in [2.05, 4.69) is 4.74 Å². The minimum Gasteiger partial charge on any atom is -0.479 e. The smallest absolute Gasteiger partial charge is 0.365 e. The van der Waals surface area contributed by atoms with Crippen molar-refractivity contribution in [2.24, 2.45) is 0 Å². The van der Waals surface area contributed by atoms with E-state index < -0.39 is 25.5 Å². The maximum absolute atomic E-state index is 10.5. The van der Waals surface area contributed by atoms with E-state index >= 15 is 0 Å². The number of carboxylic acids is 1. The topological polar surface area (TPSA) is 104 Å². The van der Waals surface area contributed by atoms with Crippen LogP contribution in [0.25, 0.3) is 0 Å². The molecule has 3 N–H and O–H groups in total. The van der Waals surface area contributed by atoms with Crippen LogP contribution in [-0.4, -0.2) is 32.8 Å². The molecule has 7 heteroatoms. The maximum atomic E-state index is 10.5. The molecule has 0 fully saturated rings. The highest BCUT2D eigenvalue weighted by atomic mass is 31.2. The Morgan fingerprint density at radius 3 is 1.92 bits per heavy atom. The van der Waals surface area contributed by atoms with Crippen molar-refractivity contribution in [3.8, 4) is 0 Å². The molecule has 0 saturated heterocycles. The van der Waals surface area contributed by atoms with Crippen molar-refractivity contribution in [1.82, 2.24) is 0 Å². The van der Waals surface area contributed by atoms with Crippen LogP contribution in [0.1, 0.15) is 13.8 Å². The third-order valence-electron chi connectivity index (χ3n) is 0.918. The summed E-state index contributed by atoms with van der Waals surface area (Å²) in [5.41, 5.74) is 0. The van der Waals surface area contributed by atoms with Crippen molar-refractivity contribution in [2.45, 2.75) is 25.8 Å². The number of carboxylic acid groups (broad SMARTS) is 1. The van der Waals surface area contributed by atoms with Crippen LogP contribution in [0.5, 0.6) is 0 Å². The van der Waals surface area contributed by atoms with Gasteiger partial charge in [-0.05, 0) is 13.8 Å². The predicted molar refractivity (Wildman–Crippen MR) is 39.7 cm³/mol. The Kier molecular flexibility index (Phi) is 3.86. The molecule has 1 unspecified atom stereocenters. The molecule has 6 nitrogen and oxygen atoms in total. The van der Waals surface area contributed by atoms with Crippen molar-refractivity contribution in [3.05, 3.63) is 0 Å². The average Bonchev–Trinajstić information content (AvgIpc) is 1.79. The van der Waals surface area contributed by atoms with Gasteiger partial charge in [-0.25, -0.2) is 4.79 Å². The number of hydrogen-bond donors (Lipinski definition) is 3. The standard InChI is InChI=1S/C5H11O6P/c1-3(2)11-5(4(6)7)12(8,9)10/h3,5H,1-2H3,(H,6,7)(H2,8,9,10). The fourth-order valence-electron chi connectivity index (χ4n) is 0.539. The Morgan fingerprint density at radius 2 is 1.83 bits per heavy atom. The molecule has 0 saturated carbocycles. The zero-order chi connectivity index (χ0) is 9.94. The van der Waals surface area contributed by atoms with E-state index in [0.717, 1.165) is 0 Å². The van der Waals surface area contributed by atoms with Gasteiger partial charge in [0.05, 0.1) is 6.10 Å². The molecule has 12 heavy (non-hydrogen) atoms. The van der Waals surface area contributed by atoms with Gasteiger partial charge in [-0.15, -0.1) is 0 Å². The number of rotatable bonds is 4. The summed E-state index contributed by atoms with van der Waals surface area (Å²) in [7, 11) is -4.71. The highest BCUT2D eigenvalue weighted by molar-refractivity contribution is 7.53. The number of carbonyl (C=O) groups is 1. The molecule has 0 aromatic rings. The molecule has 0 rings (SSSR count). The molecular weight excluding hydrogens is 187 g/mol. The second-order valence-corrected chi connectivity index (χ2v) is 4.11. The highest BCUT2D eigenvalue weighted by Crippen LogP contribution is 2.42. The molecular formula is C5H11O6P. The van der Waals surface area contributed by atoms with Gasteiger partial charge in [-0.2, -0.15) is 0 Å². The Bertz CT molecular complexity index is 206. The molecule has 0 heterocycles. The zero-order valence-corrected chi connectivity index (χ0v) is 7.56. The third kappa shape index (κ3) is 3.82. The predicted octanol–water partition coefficient (Wildman–Crippen LogP) is -0.000200. The minimum atomic E-state index is -4.71. The molecule has 0 aliphatic carbocycles. The highest BCUT2D eigenvalue weighted by Gasteiger charge is 2.37. The van der Waals surface area contributed by atoms with Gasteiger partial charge >= 0.3 is 13.6 Å². The van der Waals surface area contributed by atoms with Crippen LogP contribution in [0, 0.1) is 0 Å². The molecule has 0 spiro atoms. The Morgan fingerprint density at radius 1 is 1.42 bits per heavy atom. The van der Waals surface area contributed by atoms with E-state index in [1.54, 1.807) is 0 Å². The van der Waals surface area contributed by atoms with Crippen molar-refractivity contribution < 1.29 is 29.0 Å². The summed E-state index contributed by atoms with van der Waals surface area (Å²) >= 11 is 0. The van der Waals surface area contributed by atoms with E-state index in [0.29, 0.717) is 0 Å². The molecule has 0 amide bonds. The van der Waals surface area contributed by atoms with Gasteiger partial charge < -0.3 is 19.6 Å². The van der Waals surface area contributed by atoms with Crippen LogP contribution < -0.4 is 0 Å². The maximum Gasteiger partial charge on any atom is 0.365 e. The lowest BCUT2D eigenvalue weighted by molar-refractivity contribution is -0.147. The molecule has 0 radical (unpaired) electrons. The van der Waals surface area contributed by atoms with Gasteiger partial charge in [0.15, 0.2) is 0 Å². The second-order valence-electron chi connectivity index (χ2n) is 2.46. The lowest BCUT2D eigenvalue weighted by Crippen LogP contribution is -2.26. The van der Waals surface area contributed by atoms with E-state index in [-0.39, 0.29) is 0 Å². The average molecular weight is 198 g/mol. The van der Waals surface area contributed by atoms with Crippen molar-refractivity contribution in [3.63, 3.8) is 0 Å². The summed E-state index contributed by atoms with van der Waals surface area (Å²) in [5.74, 6) is -3.71. The van der Waals surface area contributed by atoms with E-state index in [4.69, 9.17) is 14.9 Å². The quantitative estimate of drug-likeness (QED) is 0.549. The zero-order valence-electron chi connectivity index (χ0n) is 6.67. The van der Waals surface area contributed by atoms with Crippen molar-refractivity contribution >= 4 is 13.6 Å². The largest absolute Gasteiger partial charge is 0.479 e. The van der Waals surface area contributed by atoms with E-state index in [9.17, 15) is 9.36 Å². The van der Waals surface area contributed by atoms with Crippen LogP contribution >= 0.6 is 7.60 Å². The molecule has 0 aromatic carbocycles. The first-order chi connectivity index (χ1) is 5.25. The summed E-state index contributed by atoms with van der Waals surface area (Å²) < 4.78 is 15.0. The molecule has 0 bridgehead atoms. The van der Waals surface area contributed by atoms with Gasteiger partial charge in [0.25, 0.3) is 5.85 Å². The first-order valence-corrected chi connectivity index (χ1v) is 4.86. The summed E-state index contributed by atoms with van der Waals surface area (Å²) in [6, 6.07) is 0. The summed E-state index contributed by atoms with van der Waals surface area (Å²) in [4.78, 5) is 27.3. The Hall–Kier alpha value is -0.420. The SMILES string of the molecule is CC(C)OC(C(=O)O)P(=O)(O)O. The summed E-state index contributed by atoms with van der Waals surface area (Å²) in [6.45, 7) is 2.98. The molecule has 0 aliphatic heterocycles. The number of hydrogen-bond acceptors (Lipinski definition) is 3. The first kappa shape index (κ1) is 11.6. The molecule has 0 aromatic heterocycles. The summed E-state index contributed by atoms with van der Waals surface area (Å²) in [5, 5.41) is 8.34. The van der Waals surface area contributed by atoms with Gasteiger partial charge in [0, 0.05) is 0 Å². The van der Waals surface area contributed by atoms with E-state index in [1.807, 2.05) is 0 Å². The van der Waals surface area contributed by atoms with Gasteiger partial charge in [-0.1, -0.05) is 0 Å². The van der Waals surface area contributed by atoms with Crippen molar-refractivity contribution in [2.75, 3.05) is 0 Å². The van der Waals surface area contributed by atoms with Crippen LogP contribution in [0.4, 0.5) is 0 Å². The van der Waals surface area contributed by atoms with Crippen molar-refractivity contribution in [1.29, 1.82) is 0 Å². The molecule has 1 atom stereocenters. The number of aliphatic carboxylic acids is 1. The Balaban J connectivity index is 4.47. The minimum absolute atomic E-state index is 0.543. The van der Waals surface area contributed by atoms with Gasteiger partial charge in [-0.3, -0.25) is 4.57 Å². The first-order valence-electron chi connectivity index (χ1n) is 3.18. The van der Waals surface area contributed by atoms with Gasteiger partial charge in [0.2, 0.25) is 0 Å². The normalized spacial score (nSPS) is 14.8. The summed E-state index contributed by atoms with van der Waals surface area (Å²) in [6.07, 6.45) is -0.543. The fraction of sp³-hybridized carbons (Fsp3) is 0.800. The lowest BCUT2D eigenvalue weighted by Gasteiger charge is -2.16. The van der Waals surface area contributed by atoms with Crippen LogP contribution in [0.3, 0.4) is 0 Å². The third-order valence-corrected chi connectivity index (χ3v) is 1.87. The lowest BCUT2D eigenvalue weighted by atomic mass is 10.5. The van der Waals surface area contributed by atoms with Gasteiger partial charge in [0.1, 0.15) is 0 Å². The van der Waals surface area contributed by atoms with Crippen LogP contribution in [0.2, 0.25) is 0 Å².